The molecule has 0 atom stereocenters. The molecule has 0 aromatic carbocycles. The highest BCUT2D eigenvalue weighted by Gasteiger charge is 2.10. The SMILES string of the molecule is Cc1cnc(NC(=O)Cc2cn3cc(F)ccc3n2)s1. The molecule has 0 spiro atoms. The Bertz CT molecular complexity index is 780. The van der Waals surface area contributed by atoms with Gasteiger partial charge in [-0.25, -0.2) is 14.4 Å². The van der Waals surface area contributed by atoms with Crippen LogP contribution in [0.2, 0.25) is 0 Å². The van der Waals surface area contributed by atoms with Gasteiger partial charge in [0.1, 0.15) is 11.5 Å². The van der Waals surface area contributed by atoms with Gasteiger partial charge in [0.05, 0.1) is 12.1 Å². The average Bonchev–Trinajstić information content (AvgIpc) is 2.94. The zero-order valence-electron chi connectivity index (χ0n) is 10.6. The van der Waals surface area contributed by atoms with Gasteiger partial charge < -0.3 is 9.72 Å². The van der Waals surface area contributed by atoms with Crippen LogP contribution >= 0.6 is 11.3 Å². The van der Waals surface area contributed by atoms with Crippen LogP contribution in [-0.2, 0) is 11.2 Å². The Morgan fingerprint density at radius 2 is 2.30 bits per heavy atom. The average molecular weight is 290 g/mol. The lowest BCUT2D eigenvalue weighted by Gasteiger charge is -1.98. The molecule has 0 saturated carbocycles. The number of hydrogen-bond acceptors (Lipinski definition) is 4. The summed E-state index contributed by atoms with van der Waals surface area (Å²) < 4.78 is 14.6. The van der Waals surface area contributed by atoms with E-state index in [1.54, 1.807) is 22.9 Å². The van der Waals surface area contributed by atoms with E-state index in [4.69, 9.17) is 0 Å². The number of amides is 1. The van der Waals surface area contributed by atoms with E-state index in [9.17, 15) is 9.18 Å². The first kappa shape index (κ1) is 12.7. The Labute approximate surface area is 118 Å². The van der Waals surface area contributed by atoms with Crippen LogP contribution in [0.15, 0.2) is 30.7 Å². The molecule has 0 bridgehead atoms. The molecule has 3 aromatic heterocycles. The maximum absolute atomic E-state index is 13.1. The molecule has 5 nitrogen and oxygen atoms in total. The van der Waals surface area contributed by atoms with Gasteiger partial charge in [-0.15, -0.1) is 11.3 Å². The molecule has 3 aromatic rings. The predicted octanol–water partition coefficient (Wildman–Crippen LogP) is 2.42. The number of hydrogen-bond donors (Lipinski definition) is 1. The zero-order valence-corrected chi connectivity index (χ0v) is 11.4. The number of thiazole rings is 1. The molecule has 0 fully saturated rings. The summed E-state index contributed by atoms with van der Waals surface area (Å²) in [6.07, 6.45) is 4.80. The first-order valence-electron chi connectivity index (χ1n) is 5.95. The van der Waals surface area contributed by atoms with Gasteiger partial charge in [-0.1, -0.05) is 0 Å². The lowest BCUT2D eigenvalue weighted by Crippen LogP contribution is -2.14. The molecule has 3 rings (SSSR count). The smallest absolute Gasteiger partial charge is 0.232 e. The molecule has 0 aliphatic heterocycles. The normalized spacial score (nSPS) is 10.9. The molecular weight excluding hydrogens is 279 g/mol. The Hall–Kier alpha value is -2.28. The van der Waals surface area contributed by atoms with Gasteiger partial charge in [0.15, 0.2) is 5.13 Å². The third-order valence-electron chi connectivity index (χ3n) is 2.67. The van der Waals surface area contributed by atoms with Crippen molar-refractivity contribution in [2.24, 2.45) is 0 Å². The minimum absolute atomic E-state index is 0.127. The number of fused-ring (bicyclic) bond motifs is 1. The highest BCUT2D eigenvalue weighted by atomic mass is 32.1. The fourth-order valence-corrected chi connectivity index (χ4v) is 2.52. The number of imidazole rings is 1. The Balaban J connectivity index is 1.73. The quantitative estimate of drug-likeness (QED) is 0.806. The second kappa shape index (κ2) is 5.01. The van der Waals surface area contributed by atoms with Crippen LogP contribution in [0.3, 0.4) is 0 Å². The fourth-order valence-electron chi connectivity index (χ4n) is 1.84. The maximum Gasteiger partial charge on any atom is 0.232 e. The van der Waals surface area contributed by atoms with Crippen molar-refractivity contribution in [3.8, 4) is 0 Å². The Kier molecular flexibility index (Phi) is 3.19. The zero-order chi connectivity index (χ0) is 14.1. The summed E-state index contributed by atoms with van der Waals surface area (Å²) in [5.74, 6) is -0.535. The number of pyridine rings is 1. The number of nitrogens with zero attached hydrogens (tertiary/aromatic N) is 3. The summed E-state index contributed by atoms with van der Waals surface area (Å²) in [6, 6.07) is 2.91. The molecule has 1 amide bonds. The molecule has 0 unspecified atom stereocenters. The molecule has 3 heterocycles. The maximum atomic E-state index is 13.1. The molecule has 0 aliphatic rings. The van der Waals surface area contributed by atoms with Crippen LogP contribution < -0.4 is 5.32 Å². The molecule has 0 radical (unpaired) electrons. The van der Waals surface area contributed by atoms with Crippen LogP contribution in [0.25, 0.3) is 5.65 Å². The van der Waals surface area contributed by atoms with Crippen molar-refractivity contribution < 1.29 is 9.18 Å². The van der Waals surface area contributed by atoms with Crippen molar-refractivity contribution in [1.29, 1.82) is 0 Å². The molecule has 0 saturated heterocycles. The molecular formula is C13H11FN4OS. The van der Waals surface area contributed by atoms with E-state index in [0.717, 1.165) is 4.88 Å². The summed E-state index contributed by atoms with van der Waals surface area (Å²) >= 11 is 1.42. The summed E-state index contributed by atoms with van der Waals surface area (Å²) in [6.45, 7) is 1.92. The fraction of sp³-hybridized carbons (Fsp3) is 0.154. The lowest BCUT2D eigenvalue weighted by molar-refractivity contribution is -0.115. The Morgan fingerprint density at radius 1 is 1.45 bits per heavy atom. The van der Waals surface area contributed by atoms with E-state index >= 15 is 0 Å². The van der Waals surface area contributed by atoms with Crippen molar-refractivity contribution in [2.75, 3.05) is 5.32 Å². The number of nitrogens with one attached hydrogen (secondary N) is 1. The third kappa shape index (κ3) is 2.67. The van der Waals surface area contributed by atoms with Gasteiger partial charge >= 0.3 is 0 Å². The third-order valence-corrected chi connectivity index (χ3v) is 3.50. The largest absolute Gasteiger partial charge is 0.304 e. The van der Waals surface area contributed by atoms with Gasteiger partial charge in [-0.05, 0) is 19.1 Å². The molecule has 1 N–H and O–H groups in total. The van der Waals surface area contributed by atoms with Crippen molar-refractivity contribution >= 4 is 28.0 Å². The lowest BCUT2D eigenvalue weighted by atomic mass is 10.3. The van der Waals surface area contributed by atoms with Crippen LogP contribution in [0.1, 0.15) is 10.6 Å². The molecule has 102 valence electrons. The van der Waals surface area contributed by atoms with Gasteiger partial charge in [0.2, 0.25) is 5.91 Å². The number of carbonyl (C=O) groups is 1. The van der Waals surface area contributed by atoms with E-state index in [1.165, 1.54) is 23.6 Å². The summed E-state index contributed by atoms with van der Waals surface area (Å²) in [4.78, 5) is 21.2. The number of anilines is 1. The summed E-state index contributed by atoms with van der Waals surface area (Å²) in [5, 5.41) is 3.28. The van der Waals surface area contributed by atoms with E-state index in [1.807, 2.05) is 6.92 Å². The number of aryl methyl sites for hydroxylation is 1. The van der Waals surface area contributed by atoms with Crippen LogP contribution in [0.5, 0.6) is 0 Å². The molecule has 0 aliphatic carbocycles. The van der Waals surface area contributed by atoms with Gasteiger partial charge in [0.25, 0.3) is 0 Å². The first-order valence-corrected chi connectivity index (χ1v) is 6.77. The Morgan fingerprint density at radius 3 is 3.05 bits per heavy atom. The topological polar surface area (TPSA) is 59.3 Å². The van der Waals surface area contributed by atoms with E-state index < -0.39 is 0 Å². The van der Waals surface area contributed by atoms with Gasteiger partial charge in [-0.3, -0.25) is 4.79 Å². The monoisotopic (exact) mass is 290 g/mol. The van der Waals surface area contributed by atoms with Crippen LogP contribution in [-0.4, -0.2) is 20.3 Å². The summed E-state index contributed by atoms with van der Waals surface area (Å²) in [5.41, 5.74) is 1.20. The molecule has 7 heteroatoms. The van der Waals surface area contributed by atoms with Gasteiger partial charge in [0, 0.05) is 23.5 Å². The highest BCUT2D eigenvalue weighted by Crippen LogP contribution is 2.16. The van der Waals surface area contributed by atoms with Crippen molar-refractivity contribution in [3.63, 3.8) is 0 Å². The second-order valence-electron chi connectivity index (χ2n) is 4.35. The van der Waals surface area contributed by atoms with Crippen LogP contribution in [0.4, 0.5) is 9.52 Å². The highest BCUT2D eigenvalue weighted by molar-refractivity contribution is 7.15. The minimum Gasteiger partial charge on any atom is -0.304 e. The predicted molar refractivity (Wildman–Crippen MR) is 74.3 cm³/mol. The standard InChI is InChI=1S/C13H11FN4OS/c1-8-5-15-13(20-8)17-12(19)4-10-7-18-6-9(14)2-3-11(18)16-10/h2-3,5-7H,4H2,1H3,(H,15,17,19). The van der Waals surface area contributed by atoms with E-state index in [-0.39, 0.29) is 18.1 Å². The van der Waals surface area contributed by atoms with Crippen LogP contribution in [0, 0.1) is 12.7 Å². The van der Waals surface area contributed by atoms with Crippen molar-refractivity contribution in [3.05, 3.63) is 47.1 Å². The van der Waals surface area contributed by atoms with E-state index in [0.29, 0.717) is 16.5 Å². The molecule has 20 heavy (non-hydrogen) atoms. The number of aromatic nitrogens is 3. The first-order chi connectivity index (χ1) is 9.60. The second-order valence-corrected chi connectivity index (χ2v) is 5.58. The van der Waals surface area contributed by atoms with E-state index in [2.05, 4.69) is 15.3 Å². The minimum atomic E-state index is -0.343. The van der Waals surface area contributed by atoms with Crippen molar-refractivity contribution in [1.82, 2.24) is 14.4 Å². The number of carbonyl (C=O) groups excluding carboxylic acids is 1. The van der Waals surface area contributed by atoms with Crippen molar-refractivity contribution in [2.45, 2.75) is 13.3 Å². The van der Waals surface area contributed by atoms with Gasteiger partial charge in [-0.2, -0.15) is 0 Å². The number of halogens is 1. The number of rotatable bonds is 3. The summed E-state index contributed by atoms with van der Waals surface area (Å²) in [7, 11) is 0.